The van der Waals surface area contributed by atoms with Crippen LogP contribution in [0.15, 0.2) is 17.0 Å². The molecule has 0 fully saturated rings. The predicted octanol–water partition coefficient (Wildman–Crippen LogP) is 2.23. The summed E-state index contributed by atoms with van der Waals surface area (Å²) >= 11 is 11.7. The second-order valence-electron chi connectivity index (χ2n) is 5.25. The van der Waals surface area contributed by atoms with Gasteiger partial charge < -0.3 is 23.7 Å². The van der Waals surface area contributed by atoms with Gasteiger partial charge in [-0.05, 0) is 12.1 Å². The molecule has 0 bridgehead atoms. The number of benzene rings is 1. The lowest BCUT2D eigenvalue weighted by Crippen LogP contribution is -2.14. The highest BCUT2D eigenvalue weighted by atomic mass is 35.5. The van der Waals surface area contributed by atoms with Gasteiger partial charge in [-0.15, -0.1) is 0 Å². The third-order valence-electron chi connectivity index (χ3n) is 3.11. The highest BCUT2D eigenvalue weighted by molar-refractivity contribution is 7.85. The zero-order valence-corrected chi connectivity index (χ0v) is 17.5. The molecule has 1 aromatic carbocycles. The maximum Gasteiger partial charge on any atom is 0.313 e. The Morgan fingerprint density at radius 1 is 0.929 bits per heavy atom. The molecule has 0 aromatic heterocycles. The Kier molecular flexibility index (Phi) is 11.9. The molecule has 0 radical (unpaired) electrons. The average molecular weight is 461 g/mol. The number of hydrogen-bond donors (Lipinski definition) is 1. The molecule has 9 nitrogen and oxygen atoms in total. The normalized spacial score (nSPS) is 11.6. The van der Waals surface area contributed by atoms with E-state index in [1.165, 1.54) is 0 Å². The molecule has 0 saturated heterocycles. The van der Waals surface area contributed by atoms with Crippen molar-refractivity contribution in [1.29, 1.82) is 0 Å². The fraction of sp³-hybridized carbons (Fsp3) is 0.562. The highest BCUT2D eigenvalue weighted by Gasteiger charge is 2.18. The van der Waals surface area contributed by atoms with E-state index in [-0.39, 0.29) is 35.4 Å². The molecular formula is C16H22Cl2O9S. The van der Waals surface area contributed by atoms with Gasteiger partial charge in [0.1, 0.15) is 0 Å². The molecule has 0 aliphatic rings. The Labute approximate surface area is 173 Å². The zero-order chi connectivity index (χ0) is 21.0. The lowest BCUT2D eigenvalue weighted by Gasteiger charge is -2.10. The molecule has 1 aromatic rings. The van der Waals surface area contributed by atoms with Crippen LogP contribution in [0.2, 0.25) is 10.0 Å². The topological polar surface area (TPSA) is 118 Å². The van der Waals surface area contributed by atoms with E-state index in [2.05, 4.69) is 0 Å². The number of carbonyl (C=O) groups is 1. The molecule has 0 heterocycles. The molecule has 0 saturated carbocycles. The van der Waals surface area contributed by atoms with Gasteiger partial charge in [0.05, 0.1) is 67.6 Å². The Bertz CT molecular complexity index is 702. The van der Waals surface area contributed by atoms with Crippen LogP contribution in [0.1, 0.15) is 6.42 Å². The SMILES string of the molecule is COCCOCCOCCOCCC(=O)Oc1c(Cl)cc(S(=O)(=O)O)cc1Cl. The fourth-order valence-corrected chi connectivity index (χ4v) is 3.01. The first-order valence-corrected chi connectivity index (χ1v) is 10.3. The summed E-state index contributed by atoms with van der Waals surface area (Å²) in [5.41, 5.74) is 0. The summed E-state index contributed by atoms with van der Waals surface area (Å²) in [5, 5.41) is -0.453. The van der Waals surface area contributed by atoms with Crippen LogP contribution in [0, 0.1) is 0 Å². The van der Waals surface area contributed by atoms with E-state index in [9.17, 15) is 13.2 Å². The van der Waals surface area contributed by atoms with Gasteiger partial charge in [-0.25, -0.2) is 0 Å². The van der Waals surface area contributed by atoms with Crippen molar-refractivity contribution in [3.05, 3.63) is 22.2 Å². The number of methoxy groups -OCH3 is 1. The summed E-state index contributed by atoms with van der Waals surface area (Å²) in [7, 11) is -2.89. The third kappa shape index (κ3) is 9.99. The zero-order valence-electron chi connectivity index (χ0n) is 15.2. The second-order valence-corrected chi connectivity index (χ2v) is 7.48. The molecule has 1 rings (SSSR count). The van der Waals surface area contributed by atoms with Crippen molar-refractivity contribution in [2.24, 2.45) is 0 Å². The number of halogens is 2. The molecule has 0 unspecified atom stereocenters. The van der Waals surface area contributed by atoms with Gasteiger partial charge in [0, 0.05) is 7.11 Å². The van der Waals surface area contributed by atoms with E-state index in [1.807, 2.05) is 0 Å². The molecule has 12 heteroatoms. The number of carbonyl (C=O) groups excluding carboxylic acids is 1. The number of hydrogen-bond acceptors (Lipinski definition) is 8. The largest absolute Gasteiger partial charge is 0.423 e. The van der Waals surface area contributed by atoms with E-state index in [0.29, 0.717) is 33.0 Å². The monoisotopic (exact) mass is 460 g/mol. The Balaban J connectivity index is 2.24. The van der Waals surface area contributed by atoms with Crippen LogP contribution >= 0.6 is 23.2 Å². The van der Waals surface area contributed by atoms with Gasteiger partial charge in [0.25, 0.3) is 10.1 Å². The number of ether oxygens (including phenoxy) is 5. The van der Waals surface area contributed by atoms with Gasteiger partial charge in [0.2, 0.25) is 0 Å². The van der Waals surface area contributed by atoms with Crippen molar-refractivity contribution in [2.75, 3.05) is 53.4 Å². The van der Waals surface area contributed by atoms with Crippen LogP contribution in [0.5, 0.6) is 5.75 Å². The lowest BCUT2D eigenvalue weighted by atomic mass is 10.3. The molecule has 160 valence electrons. The molecule has 0 aliphatic heterocycles. The average Bonchev–Trinajstić information content (AvgIpc) is 2.61. The van der Waals surface area contributed by atoms with Crippen molar-refractivity contribution >= 4 is 39.3 Å². The van der Waals surface area contributed by atoms with Crippen molar-refractivity contribution in [2.45, 2.75) is 11.3 Å². The van der Waals surface area contributed by atoms with Gasteiger partial charge in [-0.1, -0.05) is 23.2 Å². The Hall–Kier alpha value is -0.980. The maximum absolute atomic E-state index is 11.8. The first-order valence-electron chi connectivity index (χ1n) is 8.15. The van der Waals surface area contributed by atoms with Crippen LogP contribution < -0.4 is 4.74 Å². The number of rotatable bonds is 14. The smallest absolute Gasteiger partial charge is 0.313 e. The quantitative estimate of drug-likeness (QED) is 0.193. The molecule has 0 aliphatic carbocycles. The van der Waals surface area contributed by atoms with Crippen molar-refractivity contribution in [3.63, 3.8) is 0 Å². The third-order valence-corrected chi connectivity index (χ3v) is 4.50. The van der Waals surface area contributed by atoms with Crippen molar-refractivity contribution in [1.82, 2.24) is 0 Å². The summed E-state index contributed by atoms with van der Waals surface area (Å²) in [6.45, 7) is 2.63. The Morgan fingerprint density at radius 2 is 1.39 bits per heavy atom. The Morgan fingerprint density at radius 3 is 1.86 bits per heavy atom. The fourth-order valence-electron chi connectivity index (χ4n) is 1.79. The minimum atomic E-state index is -4.48. The molecule has 28 heavy (non-hydrogen) atoms. The molecule has 0 amide bonds. The second kappa shape index (κ2) is 13.3. The van der Waals surface area contributed by atoms with E-state index in [0.717, 1.165) is 12.1 Å². The van der Waals surface area contributed by atoms with Crippen LogP contribution in [0.4, 0.5) is 0 Å². The summed E-state index contributed by atoms with van der Waals surface area (Å²) in [4.78, 5) is 11.3. The van der Waals surface area contributed by atoms with Gasteiger partial charge in [-0.2, -0.15) is 8.42 Å². The maximum atomic E-state index is 11.8. The first kappa shape index (κ1) is 25.1. The summed E-state index contributed by atoms with van der Waals surface area (Å²) in [6, 6.07) is 1.86. The number of esters is 1. The standard InChI is InChI=1S/C16H22Cl2O9S/c1-23-4-5-25-8-9-26-7-6-24-3-2-15(19)27-16-13(17)10-12(11-14(16)18)28(20,21)22/h10-11H,2-9H2,1H3,(H,20,21,22). The summed E-state index contributed by atoms with van der Waals surface area (Å²) in [5.74, 6) is -0.867. The van der Waals surface area contributed by atoms with Crippen LogP contribution in [0.3, 0.4) is 0 Å². The van der Waals surface area contributed by atoms with Crippen LogP contribution in [0.25, 0.3) is 0 Å². The molecule has 0 atom stereocenters. The summed E-state index contributed by atoms with van der Waals surface area (Å²) < 4.78 is 56.8. The van der Waals surface area contributed by atoms with Gasteiger partial charge >= 0.3 is 5.97 Å². The van der Waals surface area contributed by atoms with E-state index < -0.39 is 21.0 Å². The predicted molar refractivity (Wildman–Crippen MR) is 101 cm³/mol. The van der Waals surface area contributed by atoms with Crippen molar-refractivity contribution in [3.8, 4) is 5.75 Å². The van der Waals surface area contributed by atoms with Crippen LogP contribution in [-0.2, 0) is 33.9 Å². The van der Waals surface area contributed by atoms with E-state index in [1.54, 1.807) is 7.11 Å². The van der Waals surface area contributed by atoms with Crippen molar-refractivity contribution < 1.29 is 41.4 Å². The minimum absolute atomic E-state index is 0.0766. The van der Waals surface area contributed by atoms with E-state index in [4.69, 9.17) is 51.4 Å². The molecular weight excluding hydrogens is 439 g/mol. The minimum Gasteiger partial charge on any atom is -0.423 e. The lowest BCUT2D eigenvalue weighted by molar-refractivity contribution is -0.135. The van der Waals surface area contributed by atoms with Crippen LogP contribution in [-0.4, -0.2) is 72.3 Å². The van der Waals surface area contributed by atoms with E-state index >= 15 is 0 Å². The molecule has 1 N–H and O–H groups in total. The first-order chi connectivity index (χ1) is 13.3. The summed E-state index contributed by atoms with van der Waals surface area (Å²) in [6.07, 6.45) is -0.0766. The van der Waals surface area contributed by atoms with Gasteiger partial charge in [-0.3, -0.25) is 9.35 Å². The highest BCUT2D eigenvalue weighted by Crippen LogP contribution is 2.35. The molecule has 0 spiro atoms. The van der Waals surface area contributed by atoms with Gasteiger partial charge in [0.15, 0.2) is 5.75 Å².